The second-order valence-corrected chi connectivity index (χ2v) is 5.05. The summed E-state index contributed by atoms with van der Waals surface area (Å²) in [5, 5.41) is 3.16. The fraction of sp³-hybridized carbons (Fsp3) is 0.571. The largest absolute Gasteiger partial charge is 0.488 e. The summed E-state index contributed by atoms with van der Waals surface area (Å²) in [6.07, 6.45) is 7.33. The maximum absolute atomic E-state index is 12.4. The molecule has 2 heterocycles. The first kappa shape index (κ1) is 11.5. The number of ether oxygens (including phenoxy) is 1. The Morgan fingerprint density at radius 2 is 2.17 bits per heavy atom. The third kappa shape index (κ3) is 2.19. The lowest BCUT2D eigenvalue weighted by Gasteiger charge is -2.22. The predicted molar refractivity (Wildman–Crippen MR) is 69.1 cm³/mol. The van der Waals surface area contributed by atoms with Crippen LogP contribution in [0.2, 0.25) is 0 Å². The van der Waals surface area contributed by atoms with Gasteiger partial charge in [-0.1, -0.05) is 19.3 Å². The maximum Gasteiger partial charge on any atom is 0.168 e. The van der Waals surface area contributed by atoms with Crippen LogP contribution < -0.4 is 10.1 Å². The topological polar surface area (TPSA) is 51.2 Å². The summed E-state index contributed by atoms with van der Waals surface area (Å²) in [7, 11) is 0. The Hall–Kier alpha value is -1.58. The standard InChI is InChI=1S/C14H18N2O2/c17-13(10-4-2-1-3-5-10)11-8-12-14(16-9-11)15-6-7-18-12/h8-10H,1-7H2,(H,15,16). The summed E-state index contributed by atoms with van der Waals surface area (Å²) in [5.41, 5.74) is 0.698. The lowest BCUT2D eigenvalue weighted by Crippen LogP contribution is -2.21. The molecule has 1 saturated carbocycles. The zero-order chi connectivity index (χ0) is 12.4. The zero-order valence-corrected chi connectivity index (χ0v) is 10.4. The highest BCUT2D eigenvalue weighted by molar-refractivity contribution is 5.98. The minimum Gasteiger partial charge on any atom is -0.488 e. The number of Topliss-reactive ketones (excluding diaryl/α,β-unsaturated/α-hetero) is 1. The molecule has 0 bridgehead atoms. The molecule has 1 aliphatic carbocycles. The van der Waals surface area contributed by atoms with Crippen molar-refractivity contribution >= 4 is 11.6 Å². The molecule has 1 N–H and O–H groups in total. The molecule has 1 fully saturated rings. The van der Waals surface area contributed by atoms with Gasteiger partial charge < -0.3 is 10.1 Å². The van der Waals surface area contributed by atoms with Crippen molar-refractivity contribution in [3.8, 4) is 5.75 Å². The highest BCUT2D eigenvalue weighted by atomic mass is 16.5. The summed E-state index contributed by atoms with van der Waals surface area (Å²) >= 11 is 0. The van der Waals surface area contributed by atoms with Gasteiger partial charge in [-0.2, -0.15) is 0 Å². The van der Waals surface area contributed by atoms with Crippen LogP contribution in [0.3, 0.4) is 0 Å². The number of rotatable bonds is 2. The van der Waals surface area contributed by atoms with Gasteiger partial charge in [0.1, 0.15) is 6.61 Å². The van der Waals surface area contributed by atoms with E-state index < -0.39 is 0 Å². The van der Waals surface area contributed by atoms with E-state index in [1.54, 1.807) is 6.20 Å². The molecule has 96 valence electrons. The van der Waals surface area contributed by atoms with Crippen LogP contribution in [0.1, 0.15) is 42.5 Å². The lowest BCUT2D eigenvalue weighted by molar-refractivity contribution is 0.0888. The Labute approximate surface area is 107 Å². The molecular weight excluding hydrogens is 228 g/mol. The number of aromatic nitrogens is 1. The molecule has 0 saturated heterocycles. The highest BCUT2D eigenvalue weighted by Gasteiger charge is 2.24. The summed E-state index contributed by atoms with van der Waals surface area (Å²) in [4.78, 5) is 16.6. The quantitative estimate of drug-likeness (QED) is 0.815. The van der Waals surface area contributed by atoms with Gasteiger partial charge in [0.05, 0.1) is 6.54 Å². The van der Waals surface area contributed by atoms with E-state index in [0.29, 0.717) is 17.9 Å². The van der Waals surface area contributed by atoms with Crippen LogP contribution in [0.15, 0.2) is 12.3 Å². The number of nitrogens with one attached hydrogen (secondary N) is 1. The minimum absolute atomic E-state index is 0.190. The smallest absolute Gasteiger partial charge is 0.168 e. The van der Waals surface area contributed by atoms with Crippen molar-refractivity contribution in [2.45, 2.75) is 32.1 Å². The van der Waals surface area contributed by atoms with E-state index in [9.17, 15) is 4.79 Å². The number of carbonyl (C=O) groups is 1. The highest BCUT2D eigenvalue weighted by Crippen LogP contribution is 2.30. The molecule has 18 heavy (non-hydrogen) atoms. The van der Waals surface area contributed by atoms with E-state index in [1.807, 2.05) is 6.07 Å². The summed E-state index contributed by atoms with van der Waals surface area (Å²) in [6.45, 7) is 1.41. The van der Waals surface area contributed by atoms with E-state index in [0.717, 1.165) is 25.2 Å². The third-order valence-electron chi connectivity index (χ3n) is 3.77. The number of carbonyl (C=O) groups excluding carboxylic acids is 1. The molecule has 2 aliphatic rings. The fourth-order valence-electron chi connectivity index (χ4n) is 2.75. The number of hydrogen-bond acceptors (Lipinski definition) is 4. The van der Waals surface area contributed by atoms with Crippen molar-refractivity contribution in [3.05, 3.63) is 17.8 Å². The fourth-order valence-corrected chi connectivity index (χ4v) is 2.75. The van der Waals surface area contributed by atoms with Gasteiger partial charge in [-0.15, -0.1) is 0 Å². The van der Waals surface area contributed by atoms with Gasteiger partial charge in [0, 0.05) is 17.7 Å². The molecule has 4 heteroatoms. The van der Waals surface area contributed by atoms with Crippen LogP contribution in [0.5, 0.6) is 5.75 Å². The Bertz CT molecular complexity index is 453. The first-order valence-corrected chi connectivity index (χ1v) is 6.75. The first-order valence-electron chi connectivity index (χ1n) is 6.75. The molecule has 1 aromatic heterocycles. The van der Waals surface area contributed by atoms with E-state index in [-0.39, 0.29) is 11.7 Å². The normalized spacial score (nSPS) is 19.6. The molecule has 4 nitrogen and oxygen atoms in total. The minimum atomic E-state index is 0.190. The van der Waals surface area contributed by atoms with Crippen molar-refractivity contribution < 1.29 is 9.53 Å². The predicted octanol–water partition coefficient (Wildman–Crippen LogP) is 2.65. The van der Waals surface area contributed by atoms with E-state index in [2.05, 4.69) is 10.3 Å². The molecule has 0 aromatic carbocycles. The van der Waals surface area contributed by atoms with Gasteiger partial charge in [0.15, 0.2) is 17.4 Å². The Balaban J connectivity index is 1.80. The van der Waals surface area contributed by atoms with Crippen LogP contribution in [0.4, 0.5) is 5.82 Å². The van der Waals surface area contributed by atoms with E-state index >= 15 is 0 Å². The first-order chi connectivity index (χ1) is 8.84. The molecule has 0 unspecified atom stereocenters. The number of hydrogen-bond donors (Lipinski definition) is 1. The van der Waals surface area contributed by atoms with Gasteiger partial charge in [-0.3, -0.25) is 4.79 Å². The van der Waals surface area contributed by atoms with Crippen LogP contribution in [0, 0.1) is 5.92 Å². The molecule has 0 atom stereocenters. The SMILES string of the molecule is O=C(c1cnc2c(c1)OCCN2)C1CCCCC1. The van der Waals surface area contributed by atoms with Gasteiger partial charge in [-0.25, -0.2) is 4.98 Å². The number of anilines is 1. The van der Waals surface area contributed by atoms with Crippen molar-refractivity contribution in [3.63, 3.8) is 0 Å². The Morgan fingerprint density at radius 3 is 3.00 bits per heavy atom. The number of fused-ring (bicyclic) bond motifs is 1. The van der Waals surface area contributed by atoms with E-state index in [1.165, 1.54) is 19.3 Å². The molecule has 0 radical (unpaired) electrons. The number of pyridine rings is 1. The average molecular weight is 246 g/mol. The Kier molecular flexibility index (Phi) is 3.17. The summed E-state index contributed by atoms with van der Waals surface area (Å²) < 4.78 is 5.52. The molecular formula is C14H18N2O2. The van der Waals surface area contributed by atoms with E-state index in [4.69, 9.17) is 4.74 Å². The second kappa shape index (κ2) is 4.96. The van der Waals surface area contributed by atoms with Gasteiger partial charge in [0.2, 0.25) is 0 Å². The second-order valence-electron chi connectivity index (χ2n) is 5.05. The Morgan fingerprint density at radius 1 is 1.33 bits per heavy atom. The van der Waals surface area contributed by atoms with Crippen molar-refractivity contribution in [2.24, 2.45) is 5.92 Å². The molecule has 0 spiro atoms. The van der Waals surface area contributed by atoms with Crippen LogP contribution >= 0.6 is 0 Å². The van der Waals surface area contributed by atoms with Crippen molar-refractivity contribution in [1.82, 2.24) is 4.98 Å². The molecule has 1 aliphatic heterocycles. The maximum atomic E-state index is 12.4. The van der Waals surface area contributed by atoms with Crippen molar-refractivity contribution in [1.29, 1.82) is 0 Å². The average Bonchev–Trinajstić information content (AvgIpc) is 2.47. The van der Waals surface area contributed by atoms with Crippen LogP contribution in [-0.4, -0.2) is 23.9 Å². The van der Waals surface area contributed by atoms with Crippen LogP contribution in [0.25, 0.3) is 0 Å². The molecule has 0 amide bonds. The number of ketones is 1. The monoisotopic (exact) mass is 246 g/mol. The number of nitrogens with zero attached hydrogens (tertiary/aromatic N) is 1. The van der Waals surface area contributed by atoms with Crippen LogP contribution in [-0.2, 0) is 0 Å². The lowest BCUT2D eigenvalue weighted by atomic mass is 9.84. The van der Waals surface area contributed by atoms with Gasteiger partial charge in [0.25, 0.3) is 0 Å². The molecule has 1 aromatic rings. The third-order valence-corrected chi connectivity index (χ3v) is 3.77. The molecule has 3 rings (SSSR count). The van der Waals surface area contributed by atoms with Crippen molar-refractivity contribution in [2.75, 3.05) is 18.5 Å². The summed E-state index contributed by atoms with van der Waals surface area (Å²) in [5.74, 6) is 1.89. The zero-order valence-electron chi connectivity index (χ0n) is 10.4. The summed E-state index contributed by atoms with van der Waals surface area (Å²) in [6, 6.07) is 1.84. The van der Waals surface area contributed by atoms with Gasteiger partial charge >= 0.3 is 0 Å². The van der Waals surface area contributed by atoms with Gasteiger partial charge in [-0.05, 0) is 18.9 Å².